The van der Waals surface area contributed by atoms with Crippen LogP contribution in [0.3, 0.4) is 0 Å². The third-order valence-corrected chi connectivity index (χ3v) is 5.63. The number of unbranched alkanes of at least 4 members (excludes halogenated alkanes) is 1. The number of nitrogens with zero attached hydrogens (tertiary/aromatic N) is 1. The minimum atomic E-state index is -0.201. The van der Waals surface area contributed by atoms with E-state index in [4.69, 9.17) is 4.74 Å². The summed E-state index contributed by atoms with van der Waals surface area (Å²) in [6, 6.07) is 15.5. The number of benzene rings is 2. The normalized spacial score (nSPS) is 18.5. The highest BCUT2D eigenvalue weighted by atomic mass is 16.5. The lowest BCUT2D eigenvalue weighted by Gasteiger charge is -2.32. The zero-order chi connectivity index (χ0) is 22.1. The van der Waals surface area contributed by atoms with E-state index in [9.17, 15) is 10.2 Å². The van der Waals surface area contributed by atoms with Crippen LogP contribution in [0.15, 0.2) is 78.6 Å². The Morgan fingerprint density at radius 3 is 2.45 bits per heavy atom. The summed E-state index contributed by atoms with van der Waals surface area (Å²) >= 11 is 0. The monoisotopic (exact) mass is 419 g/mol. The van der Waals surface area contributed by atoms with Gasteiger partial charge < -0.3 is 19.8 Å². The number of aliphatic hydroxyl groups is 1. The summed E-state index contributed by atoms with van der Waals surface area (Å²) in [4.78, 5) is 2.10. The van der Waals surface area contributed by atoms with Crippen molar-refractivity contribution in [1.82, 2.24) is 4.90 Å². The van der Waals surface area contributed by atoms with E-state index in [1.165, 1.54) is 5.56 Å². The summed E-state index contributed by atoms with van der Waals surface area (Å²) in [7, 11) is 4.07. The molecule has 3 rings (SSSR count). The molecule has 164 valence electrons. The van der Waals surface area contributed by atoms with Crippen LogP contribution in [0.1, 0.15) is 36.8 Å². The molecule has 2 aromatic carbocycles. The van der Waals surface area contributed by atoms with Gasteiger partial charge in [-0.1, -0.05) is 42.5 Å². The number of ether oxygens (including phenoxy) is 1. The van der Waals surface area contributed by atoms with Crippen molar-refractivity contribution in [2.24, 2.45) is 0 Å². The first kappa shape index (κ1) is 22.7. The van der Waals surface area contributed by atoms with Gasteiger partial charge in [0.2, 0.25) is 0 Å². The maximum absolute atomic E-state index is 10.2. The smallest absolute Gasteiger partial charge is 0.119 e. The van der Waals surface area contributed by atoms with Gasteiger partial charge in [0.1, 0.15) is 23.9 Å². The van der Waals surface area contributed by atoms with E-state index >= 15 is 0 Å². The summed E-state index contributed by atoms with van der Waals surface area (Å²) < 4.78 is 5.83. The summed E-state index contributed by atoms with van der Waals surface area (Å²) in [6.07, 6.45) is 13.9. The molecule has 1 unspecified atom stereocenters. The van der Waals surface area contributed by atoms with E-state index < -0.39 is 0 Å². The molecular formula is C27H33NO3. The van der Waals surface area contributed by atoms with E-state index in [1.807, 2.05) is 44.4 Å². The first-order valence-corrected chi connectivity index (χ1v) is 10.9. The Hall–Kier alpha value is -2.98. The van der Waals surface area contributed by atoms with Crippen molar-refractivity contribution in [1.29, 1.82) is 0 Å². The number of hydrogen-bond acceptors (Lipinski definition) is 4. The summed E-state index contributed by atoms with van der Waals surface area (Å²) in [5, 5.41) is 19.6. The molecule has 0 fully saturated rings. The van der Waals surface area contributed by atoms with Crippen LogP contribution in [0.5, 0.6) is 11.5 Å². The first-order valence-electron chi connectivity index (χ1n) is 10.9. The molecule has 4 heteroatoms. The Bertz CT molecular complexity index is 911. The van der Waals surface area contributed by atoms with Crippen LogP contribution in [-0.4, -0.2) is 42.4 Å². The molecule has 0 heterocycles. The largest absolute Gasteiger partial charge is 0.508 e. The molecule has 0 amide bonds. The number of hydrogen-bond donors (Lipinski definition) is 2. The third kappa shape index (κ3) is 6.76. The number of aliphatic hydroxyl groups excluding tert-OH is 1. The van der Waals surface area contributed by atoms with Crippen molar-refractivity contribution >= 4 is 6.08 Å². The SMILES string of the molecule is CN(C)CCOc1ccc(C2(CCC/C=C\c3ccc(O)cc3)C=C(O)C=CC2)cc1. The molecule has 0 aromatic heterocycles. The summed E-state index contributed by atoms with van der Waals surface area (Å²) in [5.74, 6) is 1.49. The number of rotatable bonds is 10. The molecule has 2 N–H and O–H groups in total. The molecule has 0 bridgehead atoms. The van der Waals surface area contributed by atoms with Crippen LogP contribution < -0.4 is 4.74 Å². The van der Waals surface area contributed by atoms with E-state index in [1.54, 1.807) is 18.2 Å². The highest BCUT2D eigenvalue weighted by Gasteiger charge is 2.30. The fraction of sp³-hybridized carbons (Fsp3) is 0.333. The standard InChI is InChI=1S/C27H33NO3/c1-28(2)19-20-31-26-15-11-23(12-16-26)27(18-6-8-25(30)21-27)17-5-3-4-7-22-9-13-24(29)14-10-22/h4,6-16,21,29-30H,3,5,17-20H2,1-2H3/b7-4-. The van der Waals surface area contributed by atoms with Crippen LogP contribution in [-0.2, 0) is 5.41 Å². The summed E-state index contributed by atoms with van der Waals surface area (Å²) in [5.41, 5.74) is 2.08. The highest BCUT2D eigenvalue weighted by Crippen LogP contribution is 2.39. The lowest BCUT2D eigenvalue weighted by atomic mass is 9.71. The maximum Gasteiger partial charge on any atom is 0.119 e. The molecule has 1 aliphatic carbocycles. The second-order valence-corrected chi connectivity index (χ2v) is 8.39. The van der Waals surface area contributed by atoms with Crippen molar-refractivity contribution in [3.8, 4) is 11.5 Å². The van der Waals surface area contributed by atoms with Crippen LogP contribution in [0, 0.1) is 0 Å². The Labute approximate surface area is 185 Å². The number of likely N-dealkylation sites (N-methyl/N-ethyl adjacent to an activating group) is 1. The van der Waals surface area contributed by atoms with E-state index in [2.05, 4.69) is 35.3 Å². The van der Waals surface area contributed by atoms with Crippen molar-refractivity contribution in [2.75, 3.05) is 27.2 Å². The number of phenolic OH excluding ortho intramolecular Hbond substituents is 1. The Kier molecular flexibility index (Phi) is 7.96. The van der Waals surface area contributed by atoms with Gasteiger partial charge in [-0.25, -0.2) is 0 Å². The van der Waals surface area contributed by atoms with Gasteiger partial charge in [0, 0.05) is 12.0 Å². The third-order valence-electron chi connectivity index (χ3n) is 5.63. The predicted octanol–water partition coefficient (Wildman–Crippen LogP) is 5.86. The van der Waals surface area contributed by atoms with Gasteiger partial charge in [-0.3, -0.25) is 0 Å². The van der Waals surface area contributed by atoms with Gasteiger partial charge in [0.25, 0.3) is 0 Å². The maximum atomic E-state index is 10.2. The van der Waals surface area contributed by atoms with Gasteiger partial charge in [0.05, 0.1) is 0 Å². The minimum absolute atomic E-state index is 0.201. The van der Waals surface area contributed by atoms with Crippen LogP contribution >= 0.6 is 0 Å². The van der Waals surface area contributed by atoms with E-state index in [-0.39, 0.29) is 11.2 Å². The fourth-order valence-electron chi connectivity index (χ4n) is 3.87. The van der Waals surface area contributed by atoms with Crippen molar-refractivity contribution in [2.45, 2.75) is 31.1 Å². The Balaban J connectivity index is 1.63. The molecule has 31 heavy (non-hydrogen) atoms. The second kappa shape index (κ2) is 10.9. The summed E-state index contributed by atoms with van der Waals surface area (Å²) in [6.45, 7) is 1.54. The molecule has 1 atom stereocenters. The number of phenols is 1. The van der Waals surface area contributed by atoms with Gasteiger partial charge in [-0.05, 0) is 87.3 Å². The molecule has 0 radical (unpaired) electrons. The second-order valence-electron chi connectivity index (χ2n) is 8.39. The quantitative estimate of drug-likeness (QED) is 0.474. The lowest BCUT2D eigenvalue weighted by Crippen LogP contribution is -2.25. The molecule has 4 nitrogen and oxygen atoms in total. The average Bonchev–Trinajstić information content (AvgIpc) is 2.75. The van der Waals surface area contributed by atoms with E-state index in [0.717, 1.165) is 43.5 Å². The van der Waals surface area contributed by atoms with Crippen molar-refractivity contribution in [3.05, 3.63) is 89.7 Å². The van der Waals surface area contributed by atoms with Crippen LogP contribution in [0.25, 0.3) is 6.08 Å². The topological polar surface area (TPSA) is 52.9 Å². The zero-order valence-corrected chi connectivity index (χ0v) is 18.5. The molecular weight excluding hydrogens is 386 g/mol. The zero-order valence-electron chi connectivity index (χ0n) is 18.5. The predicted molar refractivity (Wildman–Crippen MR) is 128 cm³/mol. The Morgan fingerprint density at radius 2 is 1.77 bits per heavy atom. The van der Waals surface area contributed by atoms with Gasteiger partial charge in [-0.2, -0.15) is 0 Å². The molecule has 0 aliphatic heterocycles. The van der Waals surface area contributed by atoms with Crippen LogP contribution in [0.4, 0.5) is 0 Å². The van der Waals surface area contributed by atoms with Gasteiger partial charge in [0.15, 0.2) is 0 Å². The molecule has 0 saturated heterocycles. The number of aromatic hydroxyl groups is 1. The fourth-order valence-corrected chi connectivity index (χ4v) is 3.87. The molecule has 0 spiro atoms. The first-order chi connectivity index (χ1) is 15.0. The van der Waals surface area contributed by atoms with Crippen LogP contribution in [0.2, 0.25) is 0 Å². The van der Waals surface area contributed by atoms with Crippen molar-refractivity contribution < 1.29 is 14.9 Å². The lowest BCUT2D eigenvalue weighted by molar-refractivity contribution is 0.261. The van der Waals surface area contributed by atoms with E-state index in [0.29, 0.717) is 12.4 Å². The molecule has 1 aliphatic rings. The minimum Gasteiger partial charge on any atom is -0.508 e. The molecule has 2 aromatic rings. The number of allylic oxidation sites excluding steroid dienone is 4. The van der Waals surface area contributed by atoms with Crippen molar-refractivity contribution in [3.63, 3.8) is 0 Å². The van der Waals surface area contributed by atoms with Gasteiger partial charge >= 0.3 is 0 Å². The molecule has 0 saturated carbocycles. The van der Waals surface area contributed by atoms with Gasteiger partial charge in [-0.15, -0.1) is 0 Å². The Morgan fingerprint density at radius 1 is 1.03 bits per heavy atom. The average molecular weight is 420 g/mol. The highest BCUT2D eigenvalue weighted by molar-refractivity contribution is 5.50.